The highest BCUT2D eigenvalue weighted by Crippen LogP contribution is 2.20. The van der Waals surface area contributed by atoms with Crippen molar-refractivity contribution in [3.8, 4) is 0 Å². The van der Waals surface area contributed by atoms with E-state index in [1.807, 2.05) is 0 Å². The molecule has 0 amide bonds. The lowest BCUT2D eigenvalue weighted by Gasteiger charge is -2.19. The van der Waals surface area contributed by atoms with Crippen molar-refractivity contribution in [3.63, 3.8) is 0 Å². The van der Waals surface area contributed by atoms with E-state index in [0.29, 0.717) is 29.8 Å². The number of carbonyl (C=O) groups is 2. The molecular weight excluding hydrogens is 268 g/mol. The van der Waals surface area contributed by atoms with Gasteiger partial charge in [0.25, 0.3) is 5.56 Å². The Balaban J connectivity index is 2.01. The third kappa shape index (κ3) is 2.35. The fraction of sp³-hybridized carbons (Fsp3) is 0.312. The van der Waals surface area contributed by atoms with E-state index in [2.05, 4.69) is 0 Å². The highest BCUT2D eigenvalue weighted by Gasteiger charge is 2.22. The molecule has 2 aromatic heterocycles. The number of aromatic nitrogens is 2. The average molecular weight is 284 g/mol. The van der Waals surface area contributed by atoms with Gasteiger partial charge in [-0.25, -0.2) is 0 Å². The number of fused-ring (bicyclic) bond motifs is 1. The fourth-order valence-corrected chi connectivity index (χ4v) is 2.84. The number of rotatable bonds is 3. The topological polar surface area (TPSA) is 61.1 Å². The number of hydrogen-bond donors (Lipinski definition) is 0. The quantitative estimate of drug-likeness (QED) is 0.804. The van der Waals surface area contributed by atoms with E-state index < -0.39 is 0 Å². The molecule has 0 N–H and O–H groups in total. The van der Waals surface area contributed by atoms with Crippen molar-refractivity contribution in [3.05, 3.63) is 57.8 Å². The van der Waals surface area contributed by atoms with Crippen molar-refractivity contribution in [2.75, 3.05) is 0 Å². The van der Waals surface area contributed by atoms with Gasteiger partial charge in [0.2, 0.25) is 0 Å². The number of ketones is 2. The molecule has 108 valence electrons. The van der Waals surface area contributed by atoms with E-state index in [9.17, 15) is 14.4 Å². The predicted molar refractivity (Wildman–Crippen MR) is 77.7 cm³/mol. The van der Waals surface area contributed by atoms with Gasteiger partial charge in [0.1, 0.15) is 0 Å². The zero-order valence-electron chi connectivity index (χ0n) is 11.8. The summed E-state index contributed by atoms with van der Waals surface area (Å²) in [6.45, 7) is -0.0207. The normalized spacial score (nSPS) is 14.0. The largest absolute Gasteiger partial charge is 0.348 e. The van der Waals surface area contributed by atoms with Crippen molar-refractivity contribution >= 4 is 11.6 Å². The summed E-state index contributed by atoms with van der Waals surface area (Å²) in [6.07, 6.45) is 3.70. The molecule has 1 aliphatic carbocycles. The highest BCUT2D eigenvalue weighted by atomic mass is 16.1. The van der Waals surface area contributed by atoms with Crippen molar-refractivity contribution in [2.24, 2.45) is 7.05 Å². The van der Waals surface area contributed by atoms with E-state index in [-0.39, 0.29) is 23.7 Å². The average Bonchev–Trinajstić information content (AvgIpc) is 2.88. The first-order valence-corrected chi connectivity index (χ1v) is 6.98. The van der Waals surface area contributed by atoms with Crippen LogP contribution in [0.1, 0.15) is 39.4 Å². The third-order valence-corrected chi connectivity index (χ3v) is 3.94. The Morgan fingerprint density at radius 3 is 2.71 bits per heavy atom. The molecule has 3 rings (SSSR count). The number of nitrogens with zero attached hydrogens (tertiary/aromatic N) is 2. The summed E-state index contributed by atoms with van der Waals surface area (Å²) in [5, 5.41) is 0. The Hall–Kier alpha value is -2.43. The molecule has 2 aromatic rings. The first-order chi connectivity index (χ1) is 10.1. The van der Waals surface area contributed by atoms with E-state index in [1.54, 1.807) is 36.0 Å². The van der Waals surface area contributed by atoms with Crippen molar-refractivity contribution in [1.29, 1.82) is 0 Å². The van der Waals surface area contributed by atoms with E-state index in [4.69, 9.17) is 0 Å². The molecule has 0 atom stereocenters. The summed E-state index contributed by atoms with van der Waals surface area (Å²) in [5.74, 6) is -0.0765. The van der Waals surface area contributed by atoms with Crippen molar-refractivity contribution in [1.82, 2.24) is 9.13 Å². The van der Waals surface area contributed by atoms with Gasteiger partial charge in [-0.05, 0) is 31.0 Å². The van der Waals surface area contributed by atoms with Gasteiger partial charge in [-0.2, -0.15) is 0 Å². The van der Waals surface area contributed by atoms with Crippen molar-refractivity contribution in [2.45, 2.75) is 25.8 Å². The summed E-state index contributed by atoms with van der Waals surface area (Å²) in [4.78, 5) is 36.3. The number of Topliss-reactive ketones (excluding diaryl/α,β-unsaturated/α-hetero) is 2. The molecule has 21 heavy (non-hydrogen) atoms. The van der Waals surface area contributed by atoms with Crippen LogP contribution in [0.5, 0.6) is 0 Å². The fourth-order valence-electron chi connectivity index (χ4n) is 2.84. The molecule has 0 aliphatic heterocycles. The Morgan fingerprint density at radius 2 is 2.00 bits per heavy atom. The van der Waals surface area contributed by atoms with E-state index >= 15 is 0 Å². The smallest absolute Gasteiger partial charge is 0.251 e. The van der Waals surface area contributed by atoms with Crippen LogP contribution >= 0.6 is 0 Å². The second kappa shape index (κ2) is 5.16. The van der Waals surface area contributed by atoms with Crippen LogP contribution in [0.15, 0.2) is 35.3 Å². The van der Waals surface area contributed by atoms with Gasteiger partial charge >= 0.3 is 0 Å². The lowest BCUT2D eigenvalue weighted by molar-refractivity contribution is 0.0945. The summed E-state index contributed by atoms with van der Waals surface area (Å²) >= 11 is 0. The van der Waals surface area contributed by atoms with Gasteiger partial charge < -0.3 is 9.13 Å². The van der Waals surface area contributed by atoms with Gasteiger partial charge in [-0.3, -0.25) is 14.4 Å². The van der Waals surface area contributed by atoms with Gasteiger partial charge in [0.15, 0.2) is 11.6 Å². The molecule has 0 radical (unpaired) electrons. The molecule has 1 aliphatic rings. The number of carbonyl (C=O) groups excluding carboxylic acids is 2. The third-order valence-electron chi connectivity index (χ3n) is 3.94. The van der Waals surface area contributed by atoms with Crippen LogP contribution in [-0.2, 0) is 20.0 Å². The minimum absolute atomic E-state index is 0.0207. The monoisotopic (exact) mass is 284 g/mol. The lowest BCUT2D eigenvalue weighted by Crippen LogP contribution is -2.31. The van der Waals surface area contributed by atoms with Gasteiger partial charge in [0.05, 0.1) is 12.2 Å². The maximum Gasteiger partial charge on any atom is 0.251 e. The molecule has 0 saturated heterocycles. The molecule has 0 fully saturated rings. The van der Waals surface area contributed by atoms with Gasteiger partial charge in [0, 0.05) is 37.0 Å². The molecule has 0 bridgehead atoms. The first-order valence-electron chi connectivity index (χ1n) is 6.98. The summed E-state index contributed by atoms with van der Waals surface area (Å²) in [5.41, 5.74) is 1.61. The Morgan fingerprint density at radius 1 is 1.19 bits per heavy atom. The van der Waals surface area contributed by atoms with Crippen LogP contribution in [0.25, 0.3) is 0 Å². The minimum Gasteiger partial charge on any atom is -0.348 e. The zero-order chi connectivity index (χ0) is 15.0. The Kier molecular flexibility index (Phi) is 3.33. The van der Waals surface area contributed by atoms with Gasteiger partial charge in [-0.1, -0.05) is 0 Å². The summed E-state index contributed by atoms with van der Waals surface area (Å²) in [6, 6.07) is 6.48. The molecule has 2 heterocycles. The maximum absolute atomic E-state index is 12.4. The maximum atomic E-state index is 12.4. The summed E-state index contributed by atoms with van der Waals surface area (Å²) in [7, 11) is 1.79. The van der Waals surface area contributed by atoms with Crippen LogP contribution in [0.4, 0.5) is 0 Å². The molecule has 5 heteroatoms. The lowest BCUT2D eigenvalue weighted by atomic mass is 9.94. The molecule has 0 aromatic carbocycles. The van der Waals surface area contributed by atoms with E-state index in [1.165, 1.54) is 10.6 Å². The second-order valence-electron chi connectivity index (χ2n) is 5.32. The summed E-state index contributed by atoms with van der Waals surface area (Å²) < 4.78 is 3.18. The molecule has 5 nitrogen and oxygen atoms in total. The van der Waals surface area contributed by atoms with Crippen LogP contribution in [-0.4, -0.2) is 20.7 Å². The number of aryl methyl sites for hydroxylation is 1. The first kappa shape index (κ1) is 13.5. The number of hydrogen-bond acceptors (Lipinski definition) is 3. The SMILES string of the molecule is Cn1cccc1C(=O)Cn1c2c(ccc1=O)C(=O)CCC2. The molecule has 0 saturated carbocycles. The predicted octanol–water partition coefficient (Wildman–Crippen LogP) is 1.59. The molecular formula is C16H16N2O3. The van der Waals surface area contributed by atoms with E-state index in [0.717, 1.165) is 6.42 Å². The standard InChI is InChI=1S/C16H16N2O3/c1-17-9-3-5-13(17)15(20)10-18-12-4-2-6-14(19)11(12)7-8-16(18)21/h3,5,7-9H,2,4,6,10H2,1H3. The van der Waals surface area contributed by atoms with Crippen LogP contribution in [0.3, 0.4) is 0 Å². The molecule has 0 spiro atoms. The Bertz CT molecular complexity index is 783. The Labute approximate surface area is 121 Å². The van der Waals surface area contributed by atoms with Crippen LogP contribution < -0.4 is 5.56 Å². The van der Waals surface area contributed by atoms with Crippen LogP contribution in [0.2, 0.25) is 0 Å². The number of pyridine rings is 1. The van der Waals surface area contributed by atoms with Gasteiger partial charge in [-0.15, -0.1) is 0 Å². The molecule has 0 unspecified atom stereocenters. The highest BCUT2D eigenvalue weighted by molar-refractivity contribution is 5.98. The minimum atomic E-state index is -0.231. The van der Waals surface area contributed by atoms with Crippen molar-refractivity contribution < 1.29 is 9.59 Å². The second-order valence-corrected chi connectivity index (χ2v) is 5.32. The van der Waals surface area contributed by atoms with Crippen LogP contribution in [0, 0.1) is 0 Å². The zero-order valence-corrected chi connectivity index (χ0v) is 11.8.